The first-order valence-electron chi connectivity index (χ1n) is 7.26. The number of hydrogen-bond acceptors (Lipinski definition) is 2. The monoisotopic (exact) mass is 246 g/mol. The van der Waals surface area contributed by atoms with E-state index < -0.39 is 0 Å². The number of ether oxygens (including phenoxy) is 1. The van der Waals surface area contributed by atoms with Crippen LogP contribution >= 0.6 is 0 Å². The van der Waals surface area contributed by atoms with E-state index in [1.807, 2.05) is 6.92 Å². The molecule has 0 aliphatic heterocycles. The van der Waals surface area contributed by atoms with Crippen LogP contribution in [0.4, 0.5) is 0 Å². The molecule has 0 heterocycles. The van der Waals surface area contributed by atoms with Gasteiger partial charge in [-0.15, -0.1) is 0 Å². The lowest BCUT2D eigenvalue weighted by molar-refractivity contribution is -0.164. The Bertz CT molecular complexity index is 393. The molecular weight excluding hydrogens is 224 g/mol. The molecule has 0 saturated heterocycles. The van der Waals surface area contributed by atoms with Gasteiger partial charge in [-0.25, -0.2) is 0 Å². The van der Waals surface area contributed by atoms with Crippen LogP contribution in [0.3, 0.4) is 0 Å². The predicted molar refractivity (Wildman–Crippen MR) is 71.0 cm³/mol. The highest BCUT2D eigenvalue weighted by molar-refractivity contribution is 5.74. The predicted octanol–water partition coefficient (Wildman–Crippen LogP) is 3.77. The number of rotatable bonds is 3. The van der Waals surface area contributed by atoms with E-state index in [1.165, 1.54) is 19.3 Å². The van der Waals surface area contributed by atoms with Gasteiger partial charge in [-0.05, 0) is 56.4 Å². The van der Waals surface area contributed by atoms with Crippen molar-refractivity contribution in [2.24, 2.45) is 11.3 Å². The van der Waals surface area contributed by atoms with E-state index >= 15 is 0 Å². The fraction of sp³-hybridized carbons (Fsp3) is 0.688. The molecule has 1 unspecified atom stereocenters. The quantitative estimate of drug-likeness (QED) is 0.708. The molecule has 0 bridgehead atoms. The molecule has 2 fully saturated rings. The topological polar surface area (TPSA) is 26.3 Å². The minimum Gasteiger partial charge on any atom is -0.458 e. The molecule has 3 aliphatic rings. The first kappa shape index (κ1) is 12.0. The molecule has 2 heteroatoms. The molecule has 0 amide bonds. The summed E-state index contributed by atoms with van der Waals surface area (Å²) in [5.41, 5.74) is 1.71. The average Bonchev–Trinajstić information content (AvgIpc) is 2.26. The van der Waals surface area contributed by atoms with Gasteiger partial charge in [0.1, 0.15) is 6.10 Å². The van der Waals surface area contributed by atoms with Gasteiger partial charge in [0, 0.05) is 0 Å². The number of carbonyl (C=O) groups excluding carboxylic acids is 1. The van der Waals surface area contributed by atoms with Crippen molar-refractivity contribution in [1.29, 1.82) is 0 Å². The number of carbonyl (C=O) groups is 1. The zero-order valence-corrected chi connectivity index (χ0v) is 11.2. The highest BCUT2D eigenvalue weighted by Gasteiger charge is 2.51. The van der Waals surface area contributed by atoms with Gasteiger partial charge in [-0.1, -0.05) is 24.6 Å². The molecular formula is C16H22O2. The number of allylic oxidation sites excluding steroid dienone is 2. The lowest BCUT2D eigenvalue weighted by Gasteiger charge is -2.53. The molecule has 2 nitrogen and oxygen atoms in total. The van der Waals surface area contributed by atoms with Gasteiger partial charge < -0.3 is 4.74 Å². The molecule has 0 radical (unpaired) electrons. The van der Waals surface area contributed by atoms with Crippen molar-refractivity contribution in [3.63, 3.8) is 0 Å². The highest BCUT2D eigenvalue weighted by atomic mass is 16.5. The molecule has 2 saturated carbocycles. The second-order valence-corrected chi connectivity index (χ2v) is 6.22. The molecule has 0 N–H and O–H groups in total. The lowest BCUT2D eigenvalue weighted by Crippen LogP contribution is -2.46. The van der Waals surface area contributed by atoms with Crippen LogP contribution in [0.5, 0.6) is 0 Å². The molecule has 0 aromatic heterocycles. The van der Waals surface area contributed by atoms with Crippen molar-refractivity contribution in [2.45, 2.75) is 58.0 Å². The summed E-state index contributed by atoms with van der Waals surface area (Å²) in [6.07, 6.45) is 14.7. The van der Waals surface area contributed by atoms with E-state index in [-0.39, 0.29) is 18.0 Å². The van der Waals surface area contributed by atoms with Crippen molar-refractivity contribution in [1.82, 2.24) is 0 Å². The van der Waals surface area contributed by atoms with Gasteiger partial charge in [0.15, 0.2) is 0 Å². The Kier molecular flexibility index (Phi) is 3.04. The summed E-state index contributed by atoms with van der Waals surface area (Å²) in [5, 5.41) is 0. The Labute approximate surface area is 109 Å². The molecule has 0 aromatic rings. The Hall–Kier alpha value is -1.05. The van der Waals surface area contributed by atoms with Gasteiger partial charge in [0.25, 0.3) is 0 Å². The summed E-state index contributed by atoms with van der Waals surface area (Å²) < 4.78 is 5.60. The largest absolute Gasteiger partial charge is 0.458 e. The molecule has 3 aliphatic carbocycles. The second kappa shape index (κ2) is 4.56. The average molecular weight is 246 g/mol. The summed E-state index contributed by atoms with van der Waals surface area (Å²) in [4.78, 5) is 12.0. The normalized spacial score (nSPS) is 27.1. The van der Waals surface area contributed by atoms with Gasteiger partial charge in [-0.3, -0.25) is 4.79 Å². The highest BCUT2D eigenvalue weighted by Crippen LogP contribution is 2.58. The zero-order valence-electron chi connectivity index (χ0n) is 11.2. The van der Waals surface area contributed by atoms with Crippen LogP contribution in [0.15, 0.2) is 23.8 Å². The maximum Gasteiger partial charge on any atom is 0.309 e. The van der Waals surface area contributed by atoms with E-state index in [0.717, 1.165) is 31.3 Å². The van der Waals surface area contributed by atoms with E-state index in [2.05, 4.69) is 18.2 Å². The van der Waals surface area contributed by atoms with Gasteiger partial charge in [-0.2, -0.15) is 0 Å². The third-order valence-corrected chi connectivity index (χ3v) is 4.89. The smallest absolute Gasteiger partial charge is 0.309 e. The first-order chi connectivity index (χ1) is 8.69. The fourth-order valence-corrected chi connectivity index (χ4v) is 3.51. The lowest BCUT2D eigenvalue weighted by atomic mass is 9.52. The fourth-order valence-electron chi connectivity index (χ4n) is 3.51. The van der Waals surface area contributed by atoms with E-state index in [4.69, 9.17) is 4.74 Å². The van der Waals surface area contributed by atoms with Crippen molar-refractivity contribution in [2.75, 3.05) is 0 Å². The van der Waals surface area contributed by atoms with Crippen LogP contribution in [0, 0.1) is 11.3 Å². The molecule has 98 valence electrons. The minimum atomic E-state index is -0.0769. The Morgan fingerprint density at radius 2 is 2.17 bits per heavy atom. The van der Waals surface area contributed by atoms with Gasteiger partial charge in [0.2, 0.25) is 0 Å². The summed E-state index contributed by atoms with van der Waals surface area (Å²) in [5.74, 6) is 0.209. The Balaban J connectivity index is 1.49. The van der Waals surface area contributed by atoms with E-state index in [9.17, 15) is 4.79 Å². The third kappa shape index (κ3) is 2.13. The van der Waals surface area contributed by atoms with Crippen LogP contribution in [-0.2, 0) is 9.53 Å². The van der Waals surface area contributed by atoms with E-state index in [1.54, 1.807) is 0 Å². The van der Waals surface area contributed by atoms with Gasteiger partial charge >= 0.3 is 5.97 Å². The molecule has 1 atom stereocenters. The van der Waals surface area contributed by atoms with Crippen molar-refractivity contribution < 1.29 is 9.53 Å². The van der Waals surface area contributed by atoms with Crippen molar-refractivity contribution >= 4 is 5.97 Å². The Morgan fingerprint density at radius 1 is 1.39 bits per heavy atom. The maximum atomic E-state index is 12.0. The second-order valence-electron chi connectivity index (χ2n) is 6.22. The minimum absolute atomic E-state index is 0.0277. The van der Waals surface area contributed by atoms with Gasteiger partial charge in [0.05, 0.1) is 5.92 Å². The molecule has 3 rings (SSSR count). The summed E-state index contributed by atoms with van der Waals surface area (Å²) in [6, 6.07) is 0. The van der Waals surface area contributed by atoms with Crippen LogP contribution in [0.2, 0.25) is 0 Å². The number of hydrogen-bond donors (Lipinski definition) is 0. The van der Waals surface area contributed by atoms with E-state index in [0.29, 0.717) is 5.41 Å². The van der Waals surface area contributed by atoms with Crippen LogP contribution in [0.1, 0.15) is 51.9 Å². The van der Waals surface area contributed by atoms with Crippen LogP contribution < -0.4 is 0 Å². The third-order valence-electron chi connectivity index (χ3n) is 4.89. The van der Waals surface area contributed by atoms with Crippen molar-refractivity contribution in [3.05, 3.63) is 23.8 Å². The van der Waals surface area contributed by atoms with Crippen LogP contribution in [-0.4, -0.2) is 12.1 Å². The maximum absolute atomic E-state index is 12.0. The SMILES string of the molecule is CC(OC(=O)C1CC2(CCC2)C1)C1=CCCC=C1. The molecule has 18 heavy (non-hydrogen) atoms. The molecule has 1 spiro atoms. The summed E-state index contributed by atoms with van der Waals surface area (Å²) in [7, 11) is 0. The van der Waals surface area contributed by atoms with Crippen molar-refractivity contribution in [3.8, 4) is 0 Å². The Morgan fingerprint density at radius 3 is 2.72 bits per heavy atom. The zero-order chi connectivity index (χ0) is 12.6. The number of esters is 1. The molecule has 0 aromatic carbocycles. The summed E-state index contributed by atoms with van der Waals surface area (Å²) >= 11 is 0. The summed E-state index contributed by atoms with van der Waals surface area (Å²) in [6.45, 7) is 1.98. The van der Waals surface area contributed by atoms with Crippen LogP contribution in [0.25, 0.3) is 0 Å². The standard InChI is InChI=1S/C16H22O2/c1-12(13-6-3-2-4-7-13)18-15(17)14-10-16(11-14)8-5-9-16/h3,6-7,12,14H,2,4-5,8-11H2,1H3. The first-order valence-corrected chi connectivity index (χ1v) is 7.26.